The lowest BCUT2D eigenvalue weighted by atomic mass is 10.2. The highest BCUT2D eigenvalue weighted by atomic mass is 32.2. The Hall–Kier alpha value is -1.97. The Balaban J connectivity index is 1.71. The Labute approximate surface area is 153 Å². The van der Waals surface area contributed by atoms with E-state index in [9.17, 15) is 18.0 Å². The molecule has 1 heterocycles. The number of rotatable bonds is 6. The molecular weight excluding hydrogens is 358 g/mol. The Kier molecular flexibility index (Phi) is 5.59. The highest BCUT2D eigenvalue weighted by molar-refractivity contribution is 7.89. The second-order valence-corrected chi connectivity index (χ2v) is 8.49. The van der Waals surface area contributed by atoms with Gasteiger partial charge >= 0.3 is 0 Å². The Bertz CT molecular complexity index is 785. The highest BCUT2D eigenvalue weighted by Gasteiger charge is 2.28. The molecule has 2 fully saturated rings. The normalized spacial score (nSPS) is 18.3. The van der Waals surface area contributed by atoms with E-state index in [1.807, 2.05) is 0 Å². The average molecular weight is 381 g/mol. The van der Waals surface area contributed by atoms with Crippen LogP contribution in [0.5, 0.6) is 0 Å². The fourth-order valence-corrected chi connectivity index (χ4v) is 4.19. The highest BCUT2D eigenvalue weighted by Crippen LogP contribution is 2.20. The van der Waals surface area contributed by atoms with Gasteiger partial charge in [-0.3, -0.25) is 9.59 Å². The number of likely N-dealkylation sites (N-methyl/N-ethyl adjacent to an activating group) is 1. The number of hydrogen-bond donors (Lipinski definition) is 1. The van der Waals surface area contributed by atoms with Crippen molar-refractivity contribution in [2.24, 2.45) is 0 Å². The van der Waals surface area contributed by atoms with E-state index in [4.69, 9.17) is 4.74 Å². The molecule has 1 saturated heterocycles. The molecule has 2 aliphatic rings. The lowest BCUT2D eigenvalue weighted by Gasteiger charge is -2.26. The van der Waals surface area contributed by atoms with E-state index in [1.54, 1.807) is 12.1 Å². The standard InChI is InChI=1S/C17H23N3O5S/c1-19(12-16(21)18-14-5-6-14)17(22)13-3-2-4-15(11-13)26(23,24)20-7-9-25-10-8-20/h2-4,11,14H,5-10,12H2,1H3,(H,18,21). The molecule has 1 N–H and O–H groups in total. The van der Waals surface area contributed by atoms with Crippen molar-refractivity contribution in [2.75, 3.05) is 39.9 Å². The zero-order chi connectivity index (χ0) is 18.7. The minimum atomic E-state index is -3.67. The average Bonchev–Trinajstić information content (AvgIpc) is 3.45. The lowest BCUT2D eigenvalue weighted by molar-refractivity contribution is -0.121. The summed E-state index contributed by atoms with van der Waals surface area (Å²) < 4.78 is 32.0. The van der Waals surface area contributed by atoms with Crippen molar-refractivity contribution in [1.82, 2.24) is 14.5 Å². The number of carbonyl (C=O) groups excluding carboxylic acids is 2. The molecule has 8 nitrogen and oxygen atoms in total. The predicted molar refractivity (Wildman–Crippen MR) is 94.1 cm³/mol. The lowest BCUT2D eigenvalue weighted by Crippen LogP contribution is -2.41. The van der Waals surface area contributed by atoms with Crippen LogP contribution in [-0.2, 0) is 19.6 Å². The molecule has 0 spiro atoms. The third-order valence-electron chi connectivity index (χ3n) is 4.36. The summed E-state index contributed by atoms with van der Waals surface area (Å²) in [5.41, 5.74) is 0.237. The molecule has 0 atom stereocenters. The summed E-state index contributed by atoms with van der Waals surface area (Å²) in [6.45, 7) is 1.24. The van der Waals surface area contributed by atoms with Crippen LogP contribution in [-0.4, -0.2) is 75.4 Å². The zero-order valence-electron chi connectivity index (χ0n) is 14.7. The van der Waals surface area contributed by atoms with Crippen molar-refractivity contribution >= 4 is 21.8 Å². The van der Waals surface area contributed by atoms with Gasteiger partial charge in [0.2, 0.25) is 15.9 Å². The van der Waals surface area contributed by atoms with E-state index in [-0.39, 0.29) is 29.0 Å². The summed E-state index contributed by atoms with van der Waals surface area (Å²) in [5.74, 6) is -0.601. The van der Waals surface area contributed by atoms with E-state index in [0.717, 1.165) is 12.8 Å². The van der Waals surface area contributed by atoms with E-state index in [2.05, 4.69) is 5.32 Å². The summed E-state index contributed by atoms with van der Waals surface area (Å²) in [6, 6.07) is 6.16. The zero-order valence-corrected chi connectivity index (χ0v) is 15.5. The monoisotopic (exact) mass is 381 g/mol. The van der Waals surface area contributed by atoms with Gasteiger partial charge in [-0.05, 0) is 31.0 Å². The topological polar surface area (TPSA) is 96.0 Å². The van der Waals surface area contributed by atoms with Crippen LogP contribution in [0.1, 0.15) is 23.2 Å². The second kappa shape index (κ2) is 7.73. The van der Waals surface area contributed by atoms with Gasteiger partial charge in [-0.25, -0.2) is 8.42 Å². The van der Waals surface area contributed by atoms with E-state index in [1.165, 1.54) is 28.4 Å². The molecule has 0 unspecified atom stereocenters. The van der Waals surface area contributed by atoms with Crippen molar-refractivity contribution in [3.63, 3.8) is 0 Å². The SMILES string of the molecule is CN(CC(=O)NC1CC1)C(=O)c1cccc(S(=O)(=O)N2CCOCC2)c1. The number of carbonyl (C=O) groups is 2. The minimum Gasteiger partial charge on any atom is -0.379 e. The van der Waals surface area contributed by atoms with Crippen molar-refractivity contribution in [3.05, 3.63) is 29.8 Å². The second-order valence-electron chi connectivity index (χ2n) is 6.55. The molecule has 0 radical (unpaired) electrons. The van der Waals surface area contributed by atoms with E-state index >= 15 is 0 Å². The summed E-state index contributed by atoms with van der Waals surface area (Å²) in [4.78, 5) is 25.8. The van der Waals surface area contributed by atoms with Gasteiger partial charge in [-0.2, -0.15) is 4.31 Å². The van der Waals surface area contributed by atoms with Gasteiger partial charge < -0.3 is 15.0 Å². The van der Waals surface area contributed by atoms with Crippen LogP contribution in [0.25, 0.3) is 0 Å². The molecule has 1 aliphatic heterocycles. The number of amides is 2. The van der Waals surface area contributed by atoms with E-state index < -0.39 is 15.9 Å². The molecule has 3 rings (SSSR count). The molecule has 26 heavy (non-hydrogen) atoms. The van der Waals surface area contributed by atoms with Crippen LogP contribution in [0.4, 0.5) is 0 Å². The Morgan fingerprint density at radius 3 is 2.62 bits per heavy atom. The fourth-order valence-electron chi connectivity index (χ4n) is 2.73. The first kappa shape index (κ1) is 18.8. The molecule has 2 amide bonds. The number of hydrogen-bond acceptors (Lipinski definition) is 5. The molecule has 0 bridgehead atoms. The summed E-state index contributed by atoms with van der Waals surface area (Å²) >= 11 is 0. The van der Waals surface area contributed by atoms with E-state index in [0.29, 0.717) is 26.3 Å². The van der Waals surface area contributed by atoms with Gasteiger partial charge in [-0.1, -0.05) is 6.07 Å². The maximum Gasteiger partial charge on any atom is 0.254 e. The molecule has 1 aromatic rings. The quantitative estimate of drug-likeness (QED) is 0.752. The third kappa shape index (κ3) is 4.40. The first-order valence-electron chi connectivity index (χ1n) is 8.61. The molecule has 0 aromatic heterocycles. The first-order chi connectivity index (χ1) is 12.4. The Morgan fingerprint density at radius 2 is 1.96 bits per heavy atom. The molecule has 9 heteroatoms. The van der Waals surface area contributed by atoms with Gasteiger partial charge in [0.1, 0.15) is 0 Å². The van der Waals surface area contributed by atoms with Crippen molar-refractivity contribution in [1.29, 1.82) is 0 Å². The summed E-state index contributed by atoms with van der Waals surface area (Å²) in [6.07, 6.45) is 1.95. The van der Waals surface area contributed by atoms with Crippen LogP contribution >= 0.6 is 0 Å². The maximum atomic E-state index is 12.7. The van der Waals surface area contributed by atoms with Crippen molar-refractivity contribution in [2.45, 2.75) is 23.8 Å². The summed E-state index contributed by atoms with van der Waals surface area (Å²) in [5, 5.41) is 2.82. The minimum absolute atomic E-state index is 0.0597. The van der Waals surface area contributed by atoms with Crippen LogP contribution in [0.3, 0.4) is 0 Å². The van der Waals surface area contributed by atoms with Crippen LogP contribution in [0.15, 0.2) is 29.2 Å². The smallest absolute Gasteiger partial charge is 0.254 e. The number of nitrogens with zero attached hydrogens (tertiary/aromatic N) is 2. The van der Waals surface area contributed by atoms with Crippen molar-refractivity contribution < 1.29 is 22.7 Å². The van der Waals surface area contributed by atoms with Crippen molar-refractivity contribution in [3.8, 4) is 0 Å². The maximum absolute atomic E-state index is 12.7. The van der Waals surface area contributed by atoms with Gasteiger partial charge in [0.05, 0.1) is 24.7 Å². The van der Waals surface area contributed by atoms with Crippen LogP contribution < -0.4 is 5.32 Å². The first-order valence-corrected chi connectivity index (χ1v) is 10.0. The van der Waals surface area contributed by atoms with Gasteiger partial charge in [0.15, 0.2) is 0 Å². The Morgan fingerprint density at radius 1 is 1.27 bits per heavy atom. The number of benzene rings is 1. The third-order valence-corrected chi connectivity index (χ3v) is 6.25. The molecular formula is C17H23N3O5S. The molecule has 1 aliphatic carbocycles. The largest absolute Gasteiger partial charge is 0.379 e. The van der Waals surface area contributed by atoms with Gasteiger partial charge in [-0.15, -0.1) is 0 Å². The predicted octanol–water partition coefficient (Wildman–Crippen LogP) is 0.0581. The molecule has 1 saturated carbocycles. The van der Waals surface area contributed by atoms with Gasteiger partial charge in [0, 0.05) is 31.7 Å². The fraction of sp³-hybridized carbons (Fsp3) is 0.529. The molecule has 1 aromatic carbocycles. The molecule has 142 valence electrons. The van der Waals surface area contributed by atoms with Gasteiger partial charge in [0.25, 0.3) is 5.91 Å². The summed E-state index contributed by atoms with van der Waals surface area (Å²) in [7, 11) is -2.15. The number of morpholine rings is 1. The van der Waals surface area contributed by atoms with Crippen LogP contribution in [0.2, 0.25) is 0 Å². The van der Waals surface area contributed by atoms with Crippen LogP contribution in [0, 0.1) is 0 Å². The number of ether oxygens (including phenoxy) is 1. The number of sulfonamides is 1. The number of nitrogens with one attached hydrogen (secondary N) is 1.